The van der Waals surface area contributed by atoms with Crippen LogP contribution in [0.2, 0.25) is 0 Å². The van der Waals surface area contributed by atoms with E-state index in [2.05, 4.69) is 11.8 Å². The molecule has 0 saturated carbocycles. The first kappa shape index (κ1) is 12.4. The van der Waals surface area contributed by atoms with Gasteiger partial charge < -0.3 is 0 Å². The molecular weight excluding hydrogens is 210 g/mol. The molecule has 0 radical (unpaired) electrons. The van der Waals surface area contributed by atoms with Crippen LogP contribution in [-0.4, -0.2) is 5.78 Å². The van der Waals surface area contributed by atoms with E-state index in [4.69, 9.17) is 0 Å². The molecule has 0 spiro atoms. The minimum Gasteiger partial charge on any atom is -0.294 e. The maximum Gasteiger partial charge on any atom is 0.166 e. The van der Waals surface area contributed by atoms with Crippen molar-refractivity contribution >= 4 is 5.78 Å². The van der Waals surface area contributed by atoms with Crippen molar-refractivity contribution < 1.29 is 13.6 Å². The van der Waals surface area contributed by atoms with Gasteiger partial charge in [-0.05, 0) is 25.5 Å². The van der Waals surface area contributed by atoms with Crippen LogP contribution in [0.1, 0.15) is 35.7 Å². The summed E-state index contributed by atoms with van der Waals surface area (Å²) in [4.78, 5) is 11.6. The molecule has 3 heteroatoms. The normalized spacial score (nSPS) is 9.50. The van der Waals surface area contributed by atoms with Gasteiger partial charge in [-0.15, -0.1) is 11.8 Å². The molecule has 0 fully saturated rings. The first-order valence-electron chi connectivity index (χ1n) is 4.94. The molecule has 0 aliphatic heterocycles. The second kappa shape index (κ2) is 5.41. The molecule has 0 amide bonds. The SMILES string of the molecule is CC#CCCC(=O)c1cc(C)c(F)cc1F. The molecule has 0 aromatic heterocycles. The zero-order chi connectivity index (χ0) is 12.1. The Morgan fingerprint density at radius 1 is 1.31 bits per heavy atom. The van der Waals surface area contributed by atoms with E-state index in [9.17, 15) is 13.6 Å². The molecule has 0 N–H and O–H groups in total. The van der Waals surface area contributed by atoms with Gasteiger partial charge >= 0.3 is 0 Å². The van der Waals surface area contributed by atoms with E-state index in [1.807, 2.05) is 0 Å². The molecule has 0 bridgehead atoms. The van der Waals surface area contributed by atoms with Crippen molar-refractivity contribution in [1.29, 1.82) is 0 Å². The lowest BCUT2D eigenvalue weighted by molar-refractivity contribution is 0.0980. The van der Waals surface area contributed by atoms with Crippen molar-refractivity contribution in [2.24, 2.45) is 0 Å². The molecule has 0 aliphatic carbocycles. The van der Waals surface area contributed by atoms with Crippen LogP contribution in [0, 0.1) is 30.4 Å². The van der Waals surface area contributed by atoms with Gasteiger partial charge in [-0.1, -0.05) is 0 Å². The summed E-state index contributed by atoms with van der Waals surface area (Å²) in [5.74, 6) is 3.59. The Balaban J connectivity index is 2.90. The minimum absolute atomic E-state index is 0.0585. The van der Waals surface area contributed by atoms with E-state index >= 15 is 0 Å². The van der Waals surface area contributed by atoms with Gasteiger partial charge in [0.05, 0.1) is 5.56 Å². The fourth-order valence-electron chi connectivity index (χ4n) is 1.31. The van der Waals surface area contributed by atoms with Gasteiger partial charge in [0.2, 0.25) is 0 Å². The van der Waals surface area contributed by atoms with Gasteiger partial charge in [-0.2, -0.15) is 0 Å². The first-order chi connectivity index (χ1) is 7.56. The summed E-state index contributed by atoms with van der Waals surface area (Å²) in [6, 6.07) is 1.99. The number of hydrogen-bond donors (Lipinski definition) is 0. The smallest absolute Gasteiger partial charge is 0.166 e. The number of rotatable bonds is 3. The van der Waals surface area contributed by atoms with E-state index in [1.54, 1.807) is 6.92 Å². The molecule has 16 heavy (non-hydrogen) atoms. The first-order valence-corrected chi connectivity index (χ1v) is 4.94. The predicted molar refractivity (Wildman–Crippen MR) is 58.1 cm³/mol. The van der Waals surface area contributed by atoms with E-state index in [0.717, 1.165) is 6.07 Å². The van der Waals surface area contributed by atoms with Gasteiger partial charge in [0.25, 0.3) is 0 Å². The van der Waals surface area contributed by atoms with Crippen LogP contribution in [0.4, 0.5) is 8.78 Å². The van der Waals surface area contributed by atoms with Crippen LogP contribution in [0.25, 0.3) is 0 Å². The molecule has 1 rings (SSSR count). The zero-order valence-corrected chi connectivity index (χ0v) is 9.23. The van der Waals surface area contributed by atoms with E-state index in [-0.39, 0.29) is 23.3 Å². The molecule has 0 atom stereocenters. The highest BCUT2D eigenvalue weighted by atomic mass is 19.1. The molecule has 0 saturated heterocycles. The number of Topliss-reactive ketones (excluding diaryl/α,β-unsaturated/α-hetero) is 1. The largest absolute Gasteiger partial charge is 0.294 e. The molecule has 0 unspecified atom stereocenters. The van der Waals surface area contributed by atoms with Crippen LogP contribution in [0.3, 0.4) is 0 Å². The Kier molecular flexibility index (Phi) is 4.19. The summed E-state index contributed by atoms with van der Waals surface area (Å²) in [6.45, 7) is 3.17. The van der Waals surface area contributed by atoms with Crippen molar-refractivity contribution in [2.75, 3.05) is 0 Å². The molecule has 0 aliphatic rings. The third kappa shape index (κ3) is 2.90. The number of carbonyl (C=O) groups excluding carboxylic acids is 1. The lowest BCUT2D eigenvalue weighted by Gasteiger charge is -2.03. The van der Waals surface area contributed by atoms with Crippen molar-refractivity contribution in [3.05, 3.63) is 34.9 Å². The van der Waals surface area contributed by atoms with Crippen LogP contribution >= 0.6 is 0 Å². The number of carbonyl (C=O) groups is 1. The van der Waals surface area contributed by atoms with Crippen molar-refractivity contribution in [2.45, 2.75) is 26.7 Å². The lowest BCUT2D eigenvalue weighted by atomic mass is 10.0. The third-order valence-electron chi connectivity index (χ3n) is 2.20. The lowest BCUT2D eigenvalue weighted by Crippen LogP contribution is -2.03. The third-order valence-corrected chi connectivity index (χ3v) is 2.20. The highest BCUT2D eigenvalue weighted by Gasteiger charge is 2.13. The van der Waals surface area contributed by atoms with Gasteiger partial charge in [-0.25, -0.2) is 8.78 Å². The monoisotopic (exact) mass is 222 g/mol. The van der Waals surface area contributed by atoms with Gasteiger partial charge in [0.1, 0.15) is 11.6 Å². The standard InChI is InChI=1S/C13H12F2O/c1-3-4-5-6-13(16)10-7-9(2)11(14)8-12(10)15/h7-8H,5-6H2,1-2H3. The highest BCUT2D eigenvalue weighted by molar-refractivity contribution is 5.96. The second-order valence-corrected chi connectivity index (χ2v) is 3.43. The van der Waals surface area contributed by atoms with E-state index in [0.29, 0.717) is 6.42 Å². The quantitative estimate of drug-likeness (QED) is 0.566. The van der Waals surface area contributed by atoms with Crippen molar-refractivity contribution in [3.63, 3.8) is 0 Å². The zero-order valence-electron chi connectivity index (χ0n) is 9.23. The predicted octanol–water partition coefficient (Wildman–Crippen LogP) is 3.26. The Hall–Kier alpha value is -1.69. The summed E-state index contributed by atoms with van der Waals surface area (Å²) in [7, 11) is 0. The van der Waals surface area contributed by atoms with Crippen LogP contribution in [-0.2, 0) is 0 Å². The van der Waals surface area contributed by atoms with Crippen molar-refractivity contribution in [3.8, 4) is 11.8 Å². The molecule has 84 valence electrons. The van der Waals surface area contributed by atoms with Gasteiger partial charge in [-0.3, -0.25) is 4.79 Å². The van der Waals surface area contributed by atoms with Crippen LogP contribution in [0.5, 0.6) is 0 Å². The molecule has 1 aromatic rings. The van der Waals surface area contributed by atoms with Gasteiger partial charge in [0.15, 0.2) is 5.78 Å². The fraction of sp³-hybridized carbons (Fsp3) is 0.308. The Bertz CT molecular complexity index is 467. The van der Waals surface area contributed by atoms with Crippen LogP contribution in [0.15, 0.2) is 12.1 Å². The Morgan fingerprint density at radius 2 is 2.00 bits per heavy atom. The summed E-state index contributed by atoms with van der Waals surface area (Å²) in [6.07, 6.45) is 0.550. The fourth-order valence-corrected chi connectivity index (χ4v) is 1.31. The minimum atomic E-state index is -0.808. The average Bonchev–Trinajstić information content (AvgIpc) is 2.23. The highest BCUT2D eigenvalue weighted by Crippen LogP contribution is 2.16. The Labute approximate surface area is 93.5 Å². The average molecular weight is 222 g/mol. The van der Waals surface area contributed by atoms with E-state index in [1.165, 1.54) is 13.0 Å². The summed E-state index contributed by atoms with van der Waals surface area (Å²) >= 11 is 0. The Morgan fingerprint density at radius 3 is 2.62 bits per heavy atom. The molecule has 0 heterocycles. The number of ketones is 1. The number of benzene rings is 1. The molecule has 1 nitrogen and oxygen atoms in total. The maximum absolute atomic E-state index is 13.3. The van der Waals surface area contributed by atoms with Crippen molar-refractivity contribution in [1.82, 2.24) is 0 Å². The summed E-state index contributed by atoms with van der Waals surface area (Å²) in [5, 5.41) is 0. The van der Waals surface area contributed by atoms with Gasteiger partial charge in [0, 0.05) is 18.9 Å². The number of aryl methyl sites for hydroxylation is 1. The maximum atomic E-state index is 13.3. The molecule has 1 aromatic carbocycles. The summed E-state index contributed by atoms with van der Waals surface area (Å²) in [5.41, 5.74) is 0.211. The second-order valence-electron chi connectivity index (χ2n) is 3.43. The van der Waals surface area contributed by atoms with Crippen LogP contribution < -0.4 is 0 Å². The summed E-state index contributed by atoms with van der Waals surface area (Å²) < 4.78 is 26.2. The molecular formula is C13H12F2O. The van der Waals surface area contributed by atoms with E-state index < -0.39 is 11.6 Å². The number of hydrogen-bond acceptors (Lipinski definition) is 1. The number of halogens is 2. The topological polar surface area (TPSA) is 17.1 Å².